The molecule has 1 amide bonds. The van der Waals surface area contributed by atoms with Crippen molar-refractivity contribution in [1.29, 1.82) is 0 Å². The highest BCUT2D eigenvalue weighted by Crippen LogP contribution is 2.48. The molecule has 3 N–H and O–H groups in total. The van der Waals surface area contributed by atoms with Crippen LogP contribution in [0.15, 0.2) is 30.3 Å². The number of hydrogen-bond acceptors (Lipinski definition) is 5. The molecule has 0 spiro atoms. The number of fused-ring (bicyclic) bond motifs is 1. The summed E-state index contributed by atoms with van der Waals surface area (Å²) in [5, 5.41) is 10.9. The van der Waals surface area contributed by atoms with Gasteiger partial charge in [-0.25, -0.2) is 5.43 Å². The molecular weight excluding hydrogens is 296 g/mol. The van der Waals surface area contributed by atoms with Crippen LogP contribution in [0, 0.1) is 11.8 Å². The van der Waals surface area contributed by atoms with Crippen LogP contribution in [0.3, 0.4) is 0 Å². The van der Waals surface area contributed by atoms with Crippen LogP contribution in [0.5, 0.6) is 0 Å². The number of aliphatic hydroxyl groups is 1. The van der Waals surface area contributed by atoms with E-state index >= 15 is 0 Å². The monoisotopic (exact) mass is 318 g/mol. The Hall–Kier alpha value is -1.92. The minimum absolute atomic E-state index is 0.145. The zero-order valence-electron chi connectivity index (χ0n) is 13.3. The molecule has 1 heterocycles. The highest BCUT2D eigenvalue weighted by atomic mass is 16.5. The lowest BCUT2D eigenvalue weighted by atomic mass is 9.61. The molecule has 1 saturated carbocycles. The second-order valence-electron chi connectivity index (χ2n) is 6.49. The number of carbonyl (C=O) groups excluding carboxylic acids is 2. The minimum Gasteiger partial charge on any atom is -0.466 e. The van der Waals surface area contributed by atoms with E-state index in [1.807, 2.05) is 30.3 Å². The van der Waals surface area contributed by atoms with Crippen LogP contribution < -0.4 is 10.9 Å². The molecule has 1 aliphatic heterocycles. The second kappa shape index (κ2) is 5.94. The third-order valence-electron chi connectivity index (χ3n) is 4.89. The molecule has 124 valence electrons. The first-order valence-electron chi connectivity index (χ1n) is 7.95. The summed E-state index contributed by atoms with van der Waals surface area (Å²) < 4.78 is 5.20. The number of benzene rings is 1. The molecule has 2 aliphatic rings. The molecular formula is C17H22N2O4. The van der Waals surface area contributed by atoms with Crippen LogP contribution in [-0.4, -0.2) is 35.2 Å². The molecule has 1 aromatic rings. The molecule has 0 radical (unpaired) electrons. The third kappa shape index (κ3) is 2.72. The SMILES string of the molecule is CCOC(=O)[C@@H]1[C@H](c2ccccc2)[C@@H]2C(=O)NN[C@@H]2C[C@]1(C)O. The molecule has 0 bridgehead atoms. The maximum absolute atomic E-state index is 12.6. The van der Waals surface area contributed by atoms with Gasteiger partial charge in [0.25, 0.3) is 0 Å². The summed E-state index contributed by atoms with van der Waals surface area (Å²) in [6.45, 7) is 3.62. The van der Waals surface area contributed by atoms with Crippen LogP contribution in [0.25, 0.3) is 0 Å². The van der Waals surface area contributed by atoms with Crippen molar-refractivity contribution in [2.45, 2.75) is 37.8 Å². The van der Waals surface area contributed by atoms with Gasteiger partial charge >= 0.3 is 5.97 Å². The fourth-order valence-electron chi connectivity index (χ4n) is 3.98. The quantitative estimate of drug-likeness (QED) is 0.715. The normalized spacial score (nSPS) is 36.2. The lowest BCUT2D eigenvalue weighted by Gasteiger charge is -2.45. The molecule has 3 rings (SSSR count). The average molecular weight is 318 g/mol. The van der Waals surface area contributed by atoms with Gasteiger partial charge in [-0.2, -0.15) is 0 Å². The Bertz CT molecular complexity index is 602. The number of esters is 1. The summed E-state index contributed by atoms with van der Waals surface area (Å²) in [6.07, 6.45) is 0.309. The first kappa shape index (κ1) is 16.0. The van der Waals surface area contributed by atoms with E-state index in [1.165, 1.54) is 0 Å². The smallest absolute Gasteiger partial charge is 0.312 e. The van der Waals surface area contributed by atoms with Crippen molar-refractivity contribution in [3.63, 3.8) is 0 Å². The van der Waals surface area contributed by atoms with Gasteiger partial charge in [0, 0.05) is 12.0 Å². The number of hydrogen-bond donors (Lipinski definition) is 3. The Kier molecular flexibility index (Phi) is 4.12. The average Bonchev–Trinajstić information content (AvgIpc) is 2.86. The van der Waals surface area contributed by atoms with E-state index in [0.29, 0.717) is 6.42 Å². The zero-order chi connectivity index (χ0) is 16.6. The van der Waals surface area contributed by atoms with E-state index in [-0.39, 0.29) is 18.6 Å². The third-order valence-corrected chi connectivity index (χ3v) is 4.89. The summed E-state index contributed by atoms with van der Waals surface area (Å²) in [5.74, 6) is -2.22. The van der Waals surface area contributed by atoms with Gasteiger partial charge < -0.3 is 9.84 Å². The van der Waals surface area contributed by atoms with Gasteiger partial charge in [0.05, 0.1) is 24.0 Å². The predicted molar refractivity (Wildman–Crippen MR) is 83.1 cm³/mol. The molecule has 1 aliphatic carbocycles. The summed E-state index contributed by atoms with van der Waals surface area (Å²) >= 11 is 0. The standard InChI is InChI=1S/C17H22N2O4/c1-3-23-16(21)14-12(10-7-5-4-6-8-10)13-11(9-17(14,2)22)18-19-15(13)20/h4-8,11-14,18,22H,3,9H2,1-2H3,(H,19,20)/t11-,12-,13-,14+,17+/m1/s1. The Morgan fingerprint density at radius 2 is 2.04 bits per heavy atom. The minimum atomic E-state index is -1.26. The van der Waals surface area contributed by atoms with Crippen molar-refractivity contribution >= 4 is 11.9 Å². The van der Waals surface area contributed by atoms with Crippen LogP contribution in [0.1, 0.15) is 31.7 Å². The van der Waals surface area contributed by atoms with Crippen LogP contribution in [0.2, 0.25) is 0 Å². The van der Waals surface area contributed by atoms with E-state index in [2.05, 4.69) is 10.9 Å². The zero-order valence-corrected chi connectivity index (χ0v) is 13.3. The number of amides is 1. The first-order chi connectivity index (χ1) is 11.0. The number of ether oxygens (including phenoxy) is 1. The van der Waals surface area contributed by atoms with Gasteiger partial charge in [0.2, 0.25) is 5.91 Å². The van der Waals surface area contributed by atoms with Crippen molar-refractivity contribution in [3.05, 3.63) is 35.9 Å². The topological polar surface area (TPSA) is 87.7 Å². The maximum atomic E-state index is 12.6. The molecule has 5 atom stereocenters. The Balaban J connectivity index is 2.08. The Labute approximate surface area is 135 Å². The predicted octanol–water partition coefficient (Wildman–Crippen LogP) is 0.723. The van der Waals surface area contributed by atoms with E-state index in [0.717, 1.165) is 5.56 Å². The van der Waals surface area contributed by atoms with Gasteiger partial charge in [0.1, 0.15) is 0 Å². The van der Waals surface area contributed by atoms with Crippen molar-refractivity contribution in [2.75, 3.05) is 6.61 Å². The van der Waals surface area contributed by atoms with Gasteiger partial charge in [-0.15, -0.1) is 0 Å². The molecule has 1 saturated heterocycles. The molecule has 6 nitrogen and oxygen atoms in total. The highest BCUT2D eigenvalue weighted by Gasteiger charge is 2.58. The lowest BCUT2D eigenvalue weighted by molar-refractivity contribution is -0.165. The summed E-state index contributed by atoms with van der Waals surface area (Å²) in [4.78, 5) is 24.9. The van der Waals surface area contributed by atoms with Crippen LogP contribution in [-0.2, 0) is 14.3 Å². The summed E-state index contributed by atoms with van der Waals surface area (Å²) in [5.41, 5.74) is 5.19. The summed E-state index contributed by atoms with van der Waals surface area (Å²) in [6, 6.07) is 9.19. The van der Waals surface area contributed by atoms with Crippen LogP contribution in [0.4, 0.5) is 0 Å². The van der Waals surface area contributed by atoms with Gasteiger partial charge in [-0.1, -0.05) is 30.3 Å². The first-order valence-corrected chi connectivity index (χ1v) is 7.95. The Morgan fingerprint density at radius 1 is 1.35 bits per heavy atom. The number of carbonyl (C=O) groups is 2. The lowest BCUT2D eigenvalue weighted by Crippen LogP contribution is -2.56. The molecule has 0 aromatic heterocycles. The fourth-order valence-corrected chi connectivity index (χ4v) is 3.98. The Morgan fingerprint density at radius 3 is 2.70 bits per heavy atom. The highest BCUT2D eigenvalue weighted by molar-refractivity contribution is 5.85. The van der Waals surface area contributed by atoms with Gasteiger partial charge in [0.15, 0.2) is 0 Å². The maximum Gasteiger partial charge on any atom is 0.312 e. The van der Waals surface area contributed by atoms with Gasteiger partial charge in [-0.05, 0) is 25.8 Å². The number of nitrogens with one attached hydrogen (secondary N) is 2. The summed E-state index contributed by atoms with van der Waals surface area (Å²) in [7, 11) is 0. The molecule has 1 aromatic carbocycles. The largest absolute Gasteiger partial charge is 0.466 e. The van der Waals surface area contributed by atoms with Crippen LogP contribution >= 0.6 is 0 Å². The van der Waals surface area contributed by atoms with E-state index in [4.69, 9.17) is 4.74 Å². The molecule has 6 heteroatoms. The fraction of sp³-hybridized carbons (Fsp3) is 0.529. The van der Waals surface area contributed by atoms with E-state index in [1.54, 1.807) is 13.8 Å². The van der Waals surface area contributed by atoms with Gasteiger partial charge in [-0.3, -0.25) is 15.0 Å². The number of rotatable bonds is 3. The van der Waals surface area contributed by atoms with E-state index in [9.17, 15) is 14.7 Å². The second-order valence-corrected chi connectivity index (χ2v) is 6.49. The molecule has 0 unspecified atom stereocenters. The number of hydrazine groups is 1. The van der Waals surface area contributed by atoms with Crippen molar-refractivity contribution in [1.82, 2.24) is 10.9 Å². The van der Waals surface area contributed by atoms with Crippen molar-refractivity contribution in [3.8, 4) is 0 Å². The van der Waals surface area contributed by atoms with E-state index < -0.39 is 29.3 Å². The van der Waals surface area contributed by atoms with Crippen molar-refractivity contribution < 1.29 is 19.4 Å². The van der Waals surface area contributed by atoms with Crippen molar-refractivity contribution in [2.24, 2.45) is 11.8 Å². The molecule has 2 fully saturated rings. The molecule has 23 heavy (non-hydrogen) atoms.